The van der Waals surface area contributed by atoms with Crippen LogP contribution in [0, 0.1) is 5.82 Å². The number of fused-ring (bicyclic) bond motifs is 1. The standard InChI is InChI=1S/C23H29FN4O5/c1-23(2,3)33-22(32)27-11-9-13(10-12-27)14-5-6-15(24)19-18(14)26(4)21(31)28(19)16-7-8-17(29)25-20(16)30/h5-6,13,16H,7-12H2,1-4H3,(H,25,29,30). The molecule has 2 aliphatic rings. The van der Waals surface area contributed by atoms with Crippen LogP contribution in [0.5, 0.6) is 0 Å². The third-order valence-electron chi connectivity index (χ3n) is 6.31. The first kappa shape index (κ1) is 23.0. The number of amides is 3. The van der Waals surface area contributed by atoms with Gasteiger partial charge in [0.2, 0.25) is 11.8 Å². The quantitative estimate of drug-likeness (QED) is 0.694. The fraction of sp³-hybridized carbons (Fsp3) is 0.565. The van der Waals surface area contributed by atoms with Crippen LogP contribution in [0.3, 0.4) is 0 Å². The molecule has 178 valence electrons. The first-order chi connectivity index (χ1) is 15.5. The normalized spacial score (nSPS) is 20.3. The minimum absolute atomic E-state index is 0.00926. The largest absolute Gasteiger partial charge is 0.444 e. The summed E-state index contributed by atoms with van der Waals surface area (Å²) in [6.07, 6.45) is 1.14. The maximum absolute atomic E-state index is 15.0. The van der Waals surface area contributed by atoms with Crippen LogP contribution >= 0.6 is 0 Å². The summed E-state index contributed by atoms with van der Waals surface area (Å²) in [4.78, 5) is 51.1. The van der Waals surface area contributed by atoms with Gasteiger partial charge >= 0.3 is 11.8 Å². The molecule has 0 bridgehead atoms. The van der Waals surface area contributed by atoms with Crippen molar-refractivity contribution in [2.75, 3.05) is 13.1 Å². The van der Waals surface area contributed by atoms with E-state index in [0.29, 0.717) is 31.4 Å². The van der Waals surface area contributed by atoms with Crippen LogP contribution in [0.25, 0.3) is 11.0 Å². The smallest absolute Gasteiger partial charge is 0.410 e. The van der Waals surface area contributed by atoms with E-state index in [1.165, 1.54) is 15.2 Å². The number of piperidine rings is 2. The summed E-state index contributed by atoms with van der Waals surface area (Å²) >= 11 is 0. The molecule has 0 spiro atoms. The Morgan fingerprint density at radius 3 is 2.36 bits per heavy atom. The Balaban J connectivity index is 1.67. The van der Waals surface area contributed by atoms with E-state index in [1.54, 1.807) is 18.0 Å². The van der Waals surface area contributed by atoms with E-state index in [-0.39, 0.29) is 30.4 Å². The van der Waals surface area contributed by atoms with Gasteiger partial charge in [0, 0.05) is 26.6 Å². The molecule has 2 saturated heterocycles. The van der Waals surface area contributed by atoms with Crippen LogP contribution in [0.4, 0.5) is 9.18 Å². The van der Waals surface area contributed by atoms with Gasteiger partial charge in [0.1, 0.15) is 23.0 Å². The molecule has 1 atom stereocenters. The fourth-order valence-electron chi connectivity index (χ4n) is 4.75. The number of hydrogen-bond donors (Lipinski definition) is 1. The second-order valence-corrected chi connectivity index (χ2v) is 9.75. The Bertz CT molecular complexity index is 1180. The Labute approximate surface area is 190 Å². The fourth-order valence-corrected chi connectivity index (χ4v) is 4.75. The lowest BCUT2D eigenvalue weighted by Gasteiger charge is -2.33. The Morgan fingerprint density at radius 2 is 1.76 bits per heavy atom. The van der Waals surface area contributed by atoms with E-state index in [9.17, 15) is 19.2 Å². The molecule has 4 rings (SSSR count). The summed E-state index contributed by atoms with van der Waals surface area (Å²) in [5, 5.41) is 2.24. The van der Waals surface area contributed by atoms with E-state index in [2.05, 4.69) is 5.32 Å². The molecule has 3 amide bonds. The summed E-state index contributed by atoms with van der Waals surface area (Å²) in [5.41, 5.74) is 0.247. The molecule has 0 saturated carbocycles. The number of halogens is 1. The molecule has 1 aromatic heterocycles. The van der Waals surface area contributed by atoms with Crippen LogP contribution in [0.1, 0.15) is 64.0 Å². The Morgan fingerprint density at radius 1 is 1.09 bits per heavy atom. The lowest BCUT2D eigenvalue weighted by atomic mass is 9.88. The minimum atomic E-state index is -0.947. The summed E-state index contributed by atoms with van der Waals surface area (Å²) in [6.45, 7) is 6.43. The number of hydrogen-bond acceptors (Lipinski definition) is 5. The van der Waals surface area contributed by atoms with E-state index in [1.807, 2.05) is 20.8 Å². The molecule has 0 aliphatic carbocycles. The average Bonchev–Trinajstić information content (AvgIpc) is 2.99. The predicted molar refractivity (Wildman–Crippen MR) is 118 cm³/mol. The van der Waals surface area contributed by atoms with Gasteiger partial charge in [0.05, 0.1) is 5.52 Å². The van der Waals surface area contributed by atoms with Crippen molar-refractivity contribution in [2.24, 2.45) is 7.05 Å². The number of nitrogens with one attached hydrogen (secondary N) is 1. The van der Waals surface area contributed by atoms with Crippen molar-refractivity contribution in [1.29, 1.82) is 0 Å². The van der Waals surface area contributed by atoms with E-state index < -0.39 is 35.0 Å². The molecule has 2 aliphatic heterocycles. The number of imidazole rings is 1. The van der Waals surface area contributed by atoms with Crippen molar-refractivity contribution < 1.29 is 23.5 Å². The first-order valence-electron chi connectivity index (χ1n) is 11.2. The van der Waals surface area contributed by atoms with Gasteiger partial charge in [0.15, 0.2) is 0 Å². The van der Waals surface area contributed by atoms with Gasteiger partial charge < -0.3 is 9.64 Å². The molecule has 0 radical (unpaired) electrons. The van der Waals surface area contributed by atoms with Crippen LogP contribution in [-0.2, 0) is 21.4 Å². The highest BCUT2D eigenvalue weighted by molar-refractivity contribution is 6.00. The van der Waals surface area contributed by atoms with Crippen LogP contribution in [0.15, 0.2) is 16.9 Å². The summed E-state index contributed by atoms with van der Waals surface area (Å²) < 4.78 is 23.0. The lowest BCUT2D eigenvalue weighted by Crippen LogP contribution is -2.44. The number of likely N-dealkylation sites (tertiary alicyclic amines) is 1. The van der Waals surface area contributed by atoms with Crippen molar-refractivity contribution in [3.05, 3.63) is 34.0 Å². The molecule has 2 fully saturated rings. The molecule has 9 nitrogen and oxygen atoms in total. The second-order valence-electron chi connectivity index (χ2n) is 9.75. The minimum Gasteiger partial charge on any atom is -0.444 e. The number of carbonyl (C=O) groups excluding carboxylic acids is 3. The highest BCUT2D eigenvalue weighted by atomic mass is 19.1. The number of aryl methyl sites for hydroxylation is 1. The molecule has 3 heterocycles. The zero-order chi connectivity index (χ0) is 24.1. The summed E-state index contributed by atoms with van der Waals surface area (Å²) in [6, 6.07) is 2.05. The molecule has 2 aromatic rings. The van der Waals surface area contributed by atoms with Gasteiger partial charge in [0.25, 0.3) is 0 Å². The zero-order valence-electron chi connectivity index (χ0n) is 19.3. The van der Waals surface area contributed by atoms with Crippen molar-refractivity contribution in [2.45, 2.75) is 64.0 Å². The number of ether oxygens (including phenoxy) is 1. The van der Waals surface area contributed by atoms with Gasteiger partial charge in [-0.15, -0.1) is 0 Å². The zero-order valence-corrected chi connectivity index (χ0v) is 19.3. The third-order valence-corrected chi connectivity index (χ3v) is 6.31. The second kappa shape index (κ2) is 8.31. The third kappa shape index (κ3) is 4.26. The number of rotatable bonds is 2. The number of imide groups is 1. The van der Waals surface area contributed by atoms with Gasteiger partial charge in [-0.1, -0.05) is 6.07 Å². The molecule has 33 heavy (non-hydrogen) atoms. The van der Waals surface area contributed by atoms with Crippen LogP contribution < -0.4 is 11.0 Å². The summed E-state index contributed by atoms with van der Waals surface area (Å²) in [5.74, 6) is -1.59. The van der Waals surface area contributed by atoms with Crippen molar-refractivity contribution in [3.8, 4) is 0 Å². The number of carbonyl (C=O) groups is 3. The van der Waals surface area contributed by atoms with Gasteiger partial charge in [-0.2, -0.15) is 0 Å². The maximum Gasteiger partial charge on any atom is 0.410 e. The first-order valence-corrected chi connectivity index (χ1v) is 11.2. The SMILES string of the molecule is Cn1c(=O)n(C2CCC(=O)NC2=O)c2c(F)ccc(C3CCN(C(=O)OC(C)(C)C)CC3)c21. The highest BCUT2D eigenvalue weighted by Crippen LogP contribution is 2.35. The number of benzene rings is 1. The van der Waals surface area contributed by atoms with E-state index in [4.69, 9.17) is 4.74 Å². The molecular weight excluding hydrogens is 431 g/mol. The molecule has 1 unspecified atom stereocenters. The van der Waals surface area contributed by atoms with Crippen molar-refractivity contribution >= 4 is 28.9 Å². The maximum atomic E-state index is 15.0. The molecule has 10 heteroatoms. The Kier molecular flexibility index (Phi) is 5.79. The van der Waals surface area contributed by atoms with Crippen LogP contribution in [0.2, 0.25) is 0 Å². The summed E-state index contributed by atoms with van der Waals surface area (Å²) in [7, 11) is 1.56. The van der Waals surface area contributed by atoms with Crippen LogP contribution in [-0.4, -0.2) is 50.6 Å². The van der Waals surface area contributed by atoms with Crippen molar-refractivity contribution in [3.63, 3.8) is 0 Å². The van der Waals surface area contributed by atoms with Gasteiger partial charge in [-0.3, -0.25) is 24.0 Å². The van der Waals surface area contributed by atoms with Gasteiger partial charge in [-0.05, 0) is 57.6 Å². The Hall–Kier alpha value is -3.17. The average molecular weight is 461 g/mol. The topological polar surface area (TPSA) is 103 Å². The monoisotopic (exact) mass is 460 g/mol. The highest BCUT2D eigenvalue weighted by Gasteiger charge is 2.34. The molecule has 1 aromatic carbocycles. The lowest BCUT2D eigenvalue weighted by molar-refractivity contribution is -0.135. The van der Waals surface area contributed by atoms with Gasteiger partial charge in [-0.25, -0.2) is 14.0 Å². The van der Waals surface area contributed by atoms with E-state index >= 15 is 4.39 Å². The molecule has 1 N–H and O–H groups in total. The predicted octanol–water partition coefficient (Wildman–Crippen LogP) is 2.57. The number of nitrogens with zero attached hydrogens (tertiary/aromatic N) is 3. The van der Waals surface area contributed by atoms with Crippen molar-refractivity contribution in [1.82, 2.24) is 19.4 Å². The van der Waals surface area contributed by atoms with E-state index in [0.717, 1.165) is 5.56 Å². The number of aromatic nitrogens is 2. The molecular formula is C23H29FN4O5.